The number of nitrogens with two attached hydrogens (primary N) is 1. The van der Waals surface area contributed by atoms with Crippen molar-refractivity contribution in [2.75, 3.05) is 0 Å². The molecule has 0 bridgehead atoms. The van der Waals surface area contributed by atoms with Gasteiger partial charge in [0.2, 0.25) is 5.89 Å². The summed E-state index contributed by atoms with van der Waals surface area (Å²) in [4.78, 5) is 4.10. The van der Waals surface area contributed by atoms with E-state index in [1.54, 1.807) is 0 Å². The highest BCUT2D eigenvalue weighted by atomic mass is 16.5. The summed E-state index contributed by atoms with van der Waals surface area (Å²) in [5.74, 6) is 1.31. The van der Waals surface area contributed by atoms with Crippen molar-refractivity contribution in [2.45, 2.75) is 39.2 Å². The number of unbranched alkanes of at least 4 members (excludes halogenated alkanes) is 2. The van der Waals surface area contributed by atoms with Gasteiger partial charge in [0.25, 0.3) is 0 Å². The first-order valence-corrected chi connectivity index (χ1v) is 4.38. The number of hydrogen-bond donors (Lipinski definition) is 1. The highest BCUT2D eigenvalue weighted by molar-refractivity contribution is 4.84. The minimum atomic E-state index is 0.358. The Morgan fingerprint density at radius 1 is 1.42 bits per heavy atom. The summed E-state index contributed by atoms with van der Waals surface area (Å²) in [5.41, 5.74) is 5.33. The minimum absolute atomic E-state index is 0.358. The fraction of sp³-hybridized carbons (Fsp3) is 0.750. The molecule has 4 nitrogen and oxygen atoms in total. The van der Waals surface area contributed by atoms with Crippen molar-refractivity contribution in [1.82, 2.24) is 10.1 Å². The molecule has 0 aliphatic heterocycles. The highest BCUT2D eigenvalue weighted by Crippen LogP contribution is 2.03. The second-order valence-corrected chi connectivity index (χ2v) is 2.77. The smallest absolute Gasteiger partial charge is 0.226 e. The van der Waals surface area contributed by atoms with Gasteiger partial charge in [-0.1, -0.05) is 24.9 Å². The molecule has 0 radical (unpaired) electrons. The van der Waals surface area contributed by atoms with Crippen LogP contribution in [0.2, 0.25) is 0 Å². The van der Waals surface area contributed by atoms with Gasteiger partial charge in [-0.25, -0.2) is 0 Å². The molecule has 0 fully saturated rings. The summed E-state index contributed by atoms with van der Waals surface area (Å²) in [6, 6.07) is 0. The SMILES string of the molecule is CCCCCc1nc(CN)no1. The van der Waals surface area contributed by atoms with Gasteiger partial charge in [-0.2, -0.15) is 4.98 Å². The van der Waals surface area contributed by atoms with Crippen LogP contribution in [0.5, 0.6) is 0 Å². The average Bonchev–Trinajstić information content (AvgIpc) is 2.53. The normalized spacial score (nSPS) is 10.5. The van der Waals surface area contributed by atoms with Crippen molar-refractivity contribution in [3.63, 3.8) is 0 Å². The number of nitrogens with zero attached hydrogens (tertiary/aromatic N) is 2. The maximum Gasteiger partial charge on any atom is 0.226 e. The molecule has 1 aromatic rings. The van der Waals surface area contributed by atoms with Gasteiger partial charge in [-0.15, -0.1) is 0 Å². The Kier molecular flexibility index (Phi) is 3.73. The Labute approximate surface area is 72.1 Å². The van der Waals surface area contributed by atoms with Gasteiger partial charge in [0, 0.05) is 6.42 Å². The summed E-state index contributed by atoms with van der Waals surface area (Å²) < 4.78 is 4.96. The lowest BCUT2D eigenvalue weighted by Gasteiger charge is -1.91. The molecule has 0 unspecified atom stereocenters. The van der Waals surface area contributed by atoms with Gasteiger partial charge in [-0.3, -0.25) is 0 Å². The zero-order valence-corrected chi connectivity index (χ0v) is 7.42. The molecule has 12 heavy (non-hydrogen) atoms. The molecule has 0 atom stereocenters. The summed E-state index contributed by atoms with van der Waals surface area (Å²) in [5, 5.41) is 3.70. The third-order valence-corrected chi connectivity index (χ3v) is 1.69. The first-order chi connectivity index (χ1) is 5.86. The van der Waals surface area contributed by atoms with Gasteiger partial charge in [0.15, 0.2) is 5.82 Å². The number of hydrogen-bond acceptors (Lipinski definition) is 4. The van der Waals surface area contributed by atoms with E-state index in [9.17, 15) is 0 Å². The Morgan fingerprint density at radius 3 is 2.83 bits per heavy atom. The van der Waals surface area contributed by atoms with Crippen LogP contribution in [-0.2, 0) is 13.0 Å². The van der Waals surface area contributed by atoms with E-state index >= 15 is 0 Å². The standard InChI is InChI=1S/C8H15N3O/c1-2-3-4-5-8-10-7(6-9)11-12-8/h2-6,9H2,1H3. The van der Waals surface area contributed by atoms with E-state index in [1.165, 1.54) is 12.8 Å². The molecular weight excluding hydrogens is 154 g/mol. The second-order valence-electron chi connectivity index (χ2n) is 2.77. The van der Waals surface area contributed by atoms with Crippen molar-refractivity contribution in [3.05, 3.63) is 11.7 Å². The third-order valence-electron chi connectivity index (χ3n) is 1.69. The Hall–Kier alpha value is -0.900. The molecule has 4 heteroatoms. The van der Waals surface area contributed by atoms with Crippen molar-refractivity contribution in [1.29, 1.82) is 0 Å². The predicted molar refractivity (Wildman–Crippen MR) is 45.4 cm³/mol. The van der Waals surface area contributed by atoms with Crippen LogP contribution in [0.4, 0.5) is 0 Å². The van der Waals surface area contributed by atoms with Gasteiger partial charge in [-0.05, 0) is 6.42 Å². The minimum Gasteiger partial charge on any atom is -0.339 e. The predicted octanol–water partition coefficient (Wildman–Crippen LogP) is 1.26. The highest BCUT2D eigenvalue weighted by Gasteiger charge is 2.02. The van der Waals surface area contributed by atoms with Crippen LogP contribution < -0.4 is 5.73 Å². The molecule has 2 N–H and O–H groups in total. The zero-order chi connectivity index (χ0) is 8.81. The van der Waals surface area contributed by atoms with Crippen LogP contribution >= 0.6 is 0 Å². The molecular formula is C8H15N3O. The van der Waals surface area contributed by atoms with E-state index in [4.69, 9.17) is 10.3 Å². The molecule has 0 amide bonds. The fourth-order valence-corrected chi connectivity index (χ4v) is 1.00. The summed E-state index contributed by atoms with van der Waals surface area (Å²) in [7, 11) is 0. The van der Waals surface area contributed by atoms with E-state index in [-0.39, 0.29) is 0 Å². The van der Waals surface area contributed by atoms with E-state index in [1.807, 2.05) is 0 Å². The summed E-state index contributed by atoms with van der Waals surface area (Å²) in [6.07, 6.45) is 4.40. The van der Waals surface area contributed by atoms with E-state index in [0.29, 0.717) is 18.3 Å². The molecule has 0 spiro atoms. The van der Waals surface area contributed by atoms with Crippen LogP contribution in [-0.4, -0.2) is 10.1 Å². The fourth-order valence-electron chi connectivity index (χ4n) is 1.00. The van der Waals surface area contributed by atoms with Gasteiger partial charge >= 0.3 is 0 Å². The molecule has 0 aliphatic carbocycles. The molecule has 0 aliphatic rings. The number of aromatic nitrogens is 2. The lowest BCUT2D eigenvalue weighted by atomic mass is 10.2. The van der Waals surface area contributed by atoms with Crippen LogP contribution in [0.25, 0.3) is 0 Å². The van der Waals surface area contributed by atoms with Crippen LogP contribution in [0.3, 0.4) is 0 Å². The average molecular weight is 169 g/mol. The lowest BCUT2D eigenvalue weighted by molar-refractivity contribution is 0.369. The maximum atomic E-state index is 5.33. The molecule has 1 rings (SSSR count). The molecule has 0 saturated heterocycles. The topological polar surface area (TPSA) is 64.9 Å². The molecule has 68 valence electrons. The van der Waals surface area contributed by atoms with Crippen LogP contribution in [0.15, 0.2) is 4.52 Å². The second kappa shape index (κ2) is 4.87. The molecule has 0 aromatic carbocycles. The Balaban J connectivity index is 2.31. The first kappa shape index (κ1) is 9.19. The third kappa shape index (κ3) is 2.62. The van der Waals surface area contributed by atoms with Crippen LogP contribution in [0.1, 0.15) is 37.9 Å². The van der Waals surface area contributed by atoms with Crippen molar-refractivity contribution >= 4 is 0 Å². The van der Waals surface area contributed by atoms with Crippen molar-refractivity contribution in [3.8, 4) is 0 Å². The van der Waals surface area contributed by atoms with Gasteiger partial charge < -0.3 is 10.3 Å². The quantitative estimate of drug-likeness (QED) is 0.674. The summed E-state index contributed by atoms with van der Waals surface area (Å²) >= 11 is 0. The Bertz CT molecular complexity index is 222. The van der Waals surface area contributed by atoms with E-state index in [2.05, 4.69) is 17.1 Å². The van der Waals surface area contributed by atoms with Crippen molar-refractivity contribution in [2.24, 2.45) is 5.73 Å². The lowest BCUT2D eigenvalue weighted by Crippen LogP contribution is -1.98. The largest absolute Gasteiger partial charge is 0.339 e. The van der Waals surface area contributed by atoms with E-state index in [0.717, 1.165) is 12.8 Å². The molecule has 1 heterocycles. The Morgan fingerprint density at radius 2 is 2.25 bits per heavy atom. The summed E-state index contributed by atoms with van der Waals surface area (Å²) in [6.45, 7) is 2.52. The number of aryl methyl sites for hydroxylation is 1. The van der Waals surface area contributed by atoms with Crippen molar-refractivity contribution < 1.29 is 4.52 Å². The first-order valence-electron chi connectivity index (χ1n) is 4.38. The van der Waals surface area contributed by atoms with E-state index < -0.39 is 0 Å². The maximum absolute atomic E-state index is 5.33. The zero-order valence-electron chi connectivity index (χ0n) is 7.42. The molecule has 0 saturated carbocycles. The molecule has 1 aromatic heterocycles. The van der Waals surface area contributed by atoms with Crippen LogP contribution in [0, 0.1) is 0 Å². The number of rotatable bonds is 5. The van der Waals surface area contributed by atoms with Gasteiger partial charge in [0.05, 0.1) is 6.54 Å². The monoisotopic (exact) mass is 169 g/mol. The van der Waals surface area contributed by atoms with Gasteiger partial charge in [0.1, 0.15) is 0 Å².